The van der Waals surface area contributed by atoms with Crippen molar-refractivity contribution in [1.82, 2.24) is 10.2 Å². The van der Waals surface area contributed by atoms with Crippen molar-refractivity contribution >= 4 is 28.5 Å². The highest BCUT2D eigenvalue weighted by Crippen LogP contribution is 2.33. The first kappa shape index (κ1) is 21.5. The molecule has 5 rings (SSSR count). The maximum Gasteiger partial charge on any atom is 0.287 e. The van der Waals surface area contributed by atoms with Crippen LogP contribution in [0.25, 0.3) is 11.0 Å². The van der Waals surface area contributed by atoms with Crippen molar-refractivity contribution in [2.45, 2.75) is 63.5 Å². The highest BCUT2D eigenvalue weighted by molar-refractivity contribution is 6.31. The van der Waals surface area contributed by atoms with E-state index >= 15 is 0 Å². The van der Waals surface area contributed by atoms with E-state index in [1.165, 1.54) is 37.1 Å². The van der Waals surface area contributed by atoms with Crippen LogP contribution in [-0.2, 0) is 0 Å². The van der Waals surface area contributed by atoms with Crippen LogP contribution in [0.1, 0.15) is 66.1 Å². The van der Waals surface area contributed by atoms with E-state index in [4.69, 9.17) is 16.0 Å². The molecule has 0 unspecified atom stereocenters. The summed E-state index contributed by atoms with van der Waals surface area (Å²) in [5.41, 5.74) is 3.65. The van der Waals surface area contributed by atoms with Crippen LogP contribution in [0.5, 0.6) is 0 Å². The minimum absolute atomic E-state index is 0.125. The Labute approximate surface area is 194 Å². The van der Waals surface area contributed by atoms with Gasteiger partial charge in [-0.3, -0.25) is 4.79 Å². The number of halogens is 1. The fourth-order valence-electron chi connectivity index (χ4n) is 5.59. The van der Waals surface area contributed by atoms with Gasteiger partial charge < -0.3 is 14.6 Å². The Morgan fingerprint density at radius 3 is 2.50 bits per heavy atom. The molecule has 0 spiro atoms. The van der Waals surface area contributed by atoms with Gasteiger partial charge in [0.1, 0.15) is 5.58 Å². The molecule has 1 aliphatic carbocycles. The largest absolute Gasteiger partial charge is 0.451 e. The van der Waals surface area contributed by atoms with Crippen molar-refractivity contribution < 1.29 is 9.21 Å². The summed E-state index contributed by atoms with van der Waals surface area (Å²) in [5.74, 6) is 0.934. The van der Waals surface area contributed by atoms with Crippen LogP contribution in [0, 0.1) is 6.92 Å². The molecule has 2 aromatic carbocycles. The lowest BCUT2D eigenvalue weighted by atomic mass is 9.84. The Morgan fingerprint density at radius 1 is 1.00 bits per heavy atom. The van der Waals surface area contributed by atoms with Crippen LogP contribution in [0.2, 0.25) is 5.02 Å². The molecule has 32 heavy (non-hydrogen) atoms. The van der Waals surface area contributed by atoms with E-state index in [0.29, 0.717) is 28.3 Å². The smallest absolute Gasteiger partial charge is 0.287 e. The summed E-state index contributed by atoms with van der Waals surface area (Å²) in [5, 5.41) is 4.69. The van der Waals surface area contributed by atoms with Crippen molar-refractivity contribution in [1.29, 1.82) is 0 Å². The maximum absolute atomic E-state index is 12.7. The van der Waals surface area contributed by atoms with Gasteiger partial charge in [0.15, 0.2) is 5.76 Å². The van der Waals surface area contributed by atoms with Crippen molar-refractivity contribution in [3.05, 3.63) is 70.4 Å². The number of aryl methyl sites for hydroxylation is 1. The van der Waals surface area contributed by atoms with Crippen LogP contribution in [0.4, 0.5) is 0 Å². The summed E-state index contributed by atoms with van der Waals surface area (Å²) in [4.78, 5) is 15.4. The van der Waals surface area contributed by atoms with Crippen molar-refractivity contribution in [2.24, 2.45) is 0 Å². The van der Waals surface area contributed by atoms with E-state index < -0.39 is 0 Å². The molecule has 1 aromatic heterocycles. The van der Waals surface area contributed by atoms with E-state index in [2.05, 4.69) is 41.4 Å². The SMILES string of the molecule is Cc1ccccc1C1CCN(C2CCC(NC(=O)c3cc4cc(Cl)ccc4o3)CC2)CC1. The molecule has 0 atom stereocenters. The summed E-state index contributed by atoms with van der Waals surface area (Å²) < 4.78 is 5.72. The van der Waals surface area contributed by atoms with Gasteiger partial charge in [-0.2, -0.15) is 0 Å². The van der Waals surface area contributed by atoms with Gasteiger partial charge in [0.25, 0.3) is 5.91 Å². The van der Waals surface area contributed by atoms with Gasteiger partial charge in [-0.1, -0.05) is 35.9 Å². The second kappa shape index (κ2) is 9.29. The number of rotatable bonds is 4. The molecule has 1 aliphatic heterocycles. The molecule has 2 fully saturated rings. The van der Waals surface area contributed by atoms with E-state index in [0.717, 1.165) is 31.1 Å². The van der Waals surface area contributed by atoms with Crippen LogP contribution in [-0.4, -0.2) is 36.0 Å². The van der Waals surface area contributed by atoms with Gasteiger partial charge in [-0.15, -0.1) is 0 Å². The third kappa shape index (κ3) is 4.57. The quantitative estimate of drug-likeness (QED) is 0.506. The number of carbonyl (C=O) groups is 1. The summed E-state index contributed by atoms with van der Waals surface area (Å²) >= 11 is 6.04. The van der Waals surface area contributed by atoms with Crippen LogP contribution < -0.4 is 5.32 Å². The molecule has 1 saturated carbocycles. The molecule has 168 valence electrons. The highest BCUT2D eigenvalue weighted by atomic mass is 35.5. The van der Waals surface area contributed by atoms with Gasteiger partial charge in [0.2, 0.25) is 0 Å². The Kier molecular flexibility index (Phi) is 6.25. The number of piperidine rings is 1. The Morgan fingerprint density at radius 2 is 1.75 bits per heavy atom. The second-order valence-electron chi connectivity index (χ2n) is 9.44. The van der Waals surface area contributed by atoms with Gasteiger partial charge in [0, 0.05) is 22.5 Å². The monoisotopic (exact) mass is 450 g/mol. The first-order valence-corrected chi connectivity index (χ1v) is 12.2. The number of carbonyl (C=O) groups excluding carboxylic acids is 1. The summed E-state index contributed by atoms with van der Waals surface area (Å²) in [7, 11) is 0. The lowest BCUT2D eigenvalue weighted by molar-refractivity contribution is 0.0856. The Bertz CT molecular complexity index is 1090. The summed E-state index contributed by atoms with van der Waals surface area (Å²) in [6.07, 6.45) is 6.85. The van der Waals surface area contributed by atoms with Crippen molar-refractivity contribution in [3.63, 3.8) is 0 Å². The Balaban J connectivity index is 1.11. The number of nitrogens with zero attached hydrogens (tertiary/aromatic N) is 1. The maximum atomic E-state index is 12.7. The fraction of sp³-hybridized carbons (Fsp3) is 0.444. The third-order valence-electron chi connectivity index (χ3n) is 7.41. The van der Waals surface area contributed by atoms with Gasteiger partial charge >= 0.3 is 0 Å². The van der Waals surface area contributed by atoms with Crippen LogP contribution >= 0.6 is 11.6 Å². The summed E-state index contributed by atoms with van der Waals surface area (Å²) in [6, 6.07) is 16.9. The van der Waals surface area contributed by atoms with Crippen LogP contribution in [0.3, 0.4) is 0 Å². The number of amides is 1. The predicted octanol–water partition coefficient (Wildman–Crippen LogP) is 6.32. The molecular formula is C27H31ClN2O2. The molecule has 2 heterocycles. The zero-order valence-electron chi connectivity index (χ0n) is 18.6. The van der Waals surface area contributed by atoms with E-state index in [9.17, 15) is 4.79 Å². The first-order valence-electron chi connectivity index (χ1n) is 11.9. The average molecular weight is 451 g/mol. The molecule has 2 aliphatic rings. The molecule has 0 bridgehead atoms. The second-order valence-corrected chi connectivity index (χ2v) is 9.87. The minimum Gasteiger partial charge on any atom is -0.451 e. The molecule has 1 N–H and O–H groups in total. The molecule has 1 saturated heterocycles. The Hall–Kier alpha value is -2.30. The zero-order chi connectivity index (χ0) is 22.1. The summed E-state index contributed by atoms with van der Waals surface area (Å²) in [6.45, 7) is 4.60. The lowest BCUT2D eigenvalue weighted by Gasteiger charge is -2.41. The molecular weight excluding hydrogens is 420 g/mol. The van der Waals surface area contributed by atoms with Gasteiger partial charge in [-0.05, 0) is 99.8 Å². The number of nitrogens with one attached hydrogen (secondary N) is 1. The van der Waals surface area contributed by atoms with E-state index in [-0.39, 0.29) is 11.9 Å². The van der Waals surface area contributed by atoms with Gasteiger partial charge in [0.05, 0.1) is 0 Å². The normalized spacial score (nSPS) is 22.8. The van der Waals surface area contributed by atoms with Crippen molar-refractivity contribution in [2.75, 3.05) is 13.1 Å². The standard InChI is InChI=1S/C27H31ClN2O2/c1-18-4-2-3-5-24(18)19-12-14-30(15-13-19)23-9-7-22(8-10-23)29-27(31)26-17-20-16-21(28)6-11-25(20)32-26/h2-6,11,16-17,19,22-23H,7-10,12-15H2,1H3,(H,29,31). The molecule has 0 radical (unpaired) electrons. The highest BCUT2D eigenvalue weighted by Gasteiger charge is 2.30. The minimum atomic E-state index is -0.125. The number of hydrogen-bond donors (Lipinski definition) is 1. The number of likely N-dealkylation sites (tertiary alicyclic amines) is 1. The third-order valence-corrected chi connectivity index (χ3v) is 7.64. The lowest BCUT2D eigenvalue weighted by Crippen LogP contribution is -2.46. The van der Waals surface area contributed by atoms with E-state index in [1.807, 2.05) is 12.1 Å². The van der Waals surface area contributed by atoms with Crippen molar-refractivity contribution in [3.8, 4) is 0 Å². The molecule has 4 nitrogen and oxygen atoms in total. The molecule has 3 aromatic rings. The number of benzene rings is 2. The molecule has 1 amide bonds. The number of fused-ring (bicyclic) bond motifs is 1. The average Bonchev–Trinajstić information content (AvgIpc) is 3.24. The van der Waals surface area contributed by atoms with Crippen LogP contribution in [0.15, 0.2) is 52.9 Å². The molecule has 5 heteroatoms. The first-order chi connectivity index (χ1) is 15.6. The number of hydrogen-bond acceptors (Lipinski definition) is 3. The predicted molar refractivity (Wildman–Crippen MR) is 129 cm³/mol. The number of furan rings is 1. The van der Waals surface area contributed by atoms with E-state index in [1.54, 1.807) is 12.1 Å². The van der Waals surface area contributed by atoms with Gasteiger partial charge in [-0.25, -0.2) is 0 Å². The fourth-order valence-corrected chi connectivity index (χ4v) is 5.77. The zero-order valence-corrected chi connectivity index (χ0v) is 19.4. The topological polar surface area (TPSA) is 45.5 Å².